The monoisotopic (exact) mass is 296 g/mol. The zero-order chi connectivity index (χ0) is 15.7. The van der Waals surface area contributed by atoms with E-state index in [-0.39, 0.29) is 6.61 Å². The van der Waals surface area contributed by atoms with Crippen LogP contribution >= 0.6 is 0 Å². The molecule has 21 heavy (non-hydrogen) atoms. The molecule has 118 valence electrons. The average Bonchev–Trinajstić information content (AvgIpc) is 2.44. The summed E-state index contributed by atoms with van der Waals surface area (Å²) in [5.74, 6) is 0. The first-order valence-electron chi connectivity index (χ1n) is 7.06. The van der Waals surface area contributed by atoms with Crippen molar-refractivity contribution in [1.29, 1.82) is 0 Å². The molecule has 1 rings (SSSR count). The number of aryl methyl sites for hydroxylation is 2. The van der Waals surface area contributed by atoms with Crippen LogP contribution in [0.15, 0.2) is 18.2 Å². The first-order valence-corrected chi connectivity index (χ1v) is 7.06. The van der Waals surface area contributed by atoms with E-state index in [4.69, 9.17) is 14.2 Å². The maximum absolute atomic E-state index is 11.6. The number of hydrogen-bond donors (Lipinski definition) is 2. The molecule has 2 N–H and O–H groups in total. The zero-order valence-corrected chi connectivity index (χ0v) is 13.1. The van der Waals surface area contributed by atoms with Gasteiger partial charge >= 0.3 is 6.09 Å². The number of carbonyl (C=O) groups is 1. The highest BCUT2D eigenvalue weighted by Gasteiger charge is 2.12. The molecule has 0 saturated heterocycles. The van der Waals surface area contributed by atoms with E-state index < -0.39 is 12.4 Å². The Kier molecular flexibility index (Phi) is 7.56. The van der Waals surface area contributed by atoms with Crippen LogP contribution < -0.4 is 10.9 Å². The Morgan fingerprint density at radius 3 is 2.24 bits per heavy atom. The van der Waals surface area contributed by atoms with Gasteiger partial charge in [-0.2, -0.15) is 0 Å². The minimum atomic E-state index is -0.581. The summed E-state index contributed by atoms with van der Waals surface area (Å²) in [5, 5.41) is 0. The number of anilines is 1. The highest BCUT2D eigenvalue weighted by Crippen LogP contribution is 2.18. The molecule has 1 aromatic rings. The number of para-hydroxylation sites is 1. The van der Waals surface area contributed by atoms with Crippen LogP contribution in [0.1, 0.15) is 25.0 Å². The van der Waals surface area contributed by atoms with Gasteiger partial charge in [-0.15, -0.1) is 0 Å². The number of amides is 1. The fraction of sp³-hybridized carbons (Fsp3) is 0.533. The molecule has 1 aromatic carbocycles. The van der Waals surface area contributed by atoms with Gasteiger partial charge < -0.3 is 14.2 Å². The molecular weight excluding hydrogens is 272 g/mol. The Hall–Kier alpha value is -1.79. The van der Waals surface area contributed by atoms with Crippen LogP contribution in [0.2, 0.25) is 0 Å². The molecule has 0 unspecified atom stereocenters. The van der Waals surface area contributed by atoms with Gasteiger partial charge in [-0.05, 0) is 38.8 Å². The van der Waals surface area contributed by atoms with E-state index in [2.05, 4.69) is 10.9 Å². The van der Waals surface area contributed by atoms with Crippen molar-refractivity contribution in [2.75, 3.05) is 25.2 Å². The van der Waals surface area contributed by atoms with E-state index in [1.807, 2.05) is 45.9 Å². The van der Waals surface area contributed by atoms with E-state index in [1.54, 1.807) is 0 Å². The molecule has 0 fully saturated rings. The van der Waals surface area contributed by atoms with Gasteiger partial charge in [-0.25, -0.2) is 10.2 Å². The summed E-state index contributed by atoms with van der Waals surface area (Å²) in [6.45, 7) is 8.67. The number of nitrogens with one attached hydrogen (secondary N) is 2. The molecule has 0 aromatic heterocycles. The minimum absolute atomic E-state index is 0.0436. The van der Waals surface area contributed by atoms with E-state index in [9.17, 15) is 4.79 Å². The number of hydrazine groups is 1. The molecule has 0 saturated carbocycles. The van der Waals surface area contributed by atoms with Crippen molar-refractivity contribution in [1.82, 2.24) is 5.43 Å². The molecule has 0 aliphatic heterocycles. The van der Waals surface area contributed by atoms with Gasteiger partial charge in [0.25, 0.3) is 0 Å². The number of benzene rings is 1. The molecule has 6 nitrogen and oxygen atoms in total. The minimum Gasteiger partial charge on any atom is -0.443 e. The average molecular weight is 296 g/mol. The smallest absolute Gasteiger partial charge is 0.426 e. The van der Waals surface area contributed by atoms with Crippen LogP contribution in [0.4, 0.5) is 10.5 Å². The third-order valence-corrected chi connectivity index (χ3v) is 2.83. The lowest BCUT2D eigenvalue weighted by Gasteiger charge is -2.18. The van der Waals surface area contributed by atoms with Crippen molar-refractivity contribution >= 4 is 11.8 Å². The molecule has 0 spiro atoms. The summed E-state index contributed by atoms with van der Waals surface area (Å²) < 4.78 is 15.6. The van der Waals surface area contributed by atoms with Gasteiger partial charge in [-0.1, -0.05) is 18.2 Å². The van der Waals surface area contributed by atoms with Crippen LogP contribution in [-0.4, -0.2) is 32.2 Å². The van der Waals surface area contributed by atoms with Gasteiger partial charge in [0, 0.05) is 13.2 Å². The van der Waals surface area contributed by atoms with Crippen molar-refractivity contribution in [3.05, 3.63) is 29.3 Å². The Morgan fingerprint density at radius 1 is 1.14 bits per heavy atom. The molecule has 1 amide bonds. The van der Waals surface area contributed by atoms with Gasteiger partial charge in [-0.3, -0.25) is 5.43 Å². The first kappa shape index (κ1) is 17.3. The first-order chi connectivity index (χ1) is 10.1. The standard InChI is InChI=1S/C15H24N2O4/c1-5-19-13(20-6-2)10-21-15(18)17-16-14-11(3)8-7-9-12(14)4/h7-9,13,16H,5-6,10H2,1-4H3,(H,17,18). The van der Waals surface area contributed by atoms with Crippen LogP contribution in [-0.2, 0) is 14.2 Å². The summed E-state index contributed by atoms with van der Waals surface area (Å²) in [7, 11) is 0. The van der Waals surface area contributed by atoms with Crippen molar-refractivity contribution in [3.63, 3.8) is 0 Å². The lowest BCUT2D eigenvalue weighted by Crippen LogP contribution is -2.34. The Balaban J connectivity index is 2.40. The fourth-order valence-electron chi connectivity index (χ4n) is 1.82. The van der Waals surface area contributed by atoms with Crippen molar-refractivity contribution in [3.8, 4) is 0 Å². The van der Waals surface area contributed by atoms with E-state index in [1.165, 1.54) is 0 Å². The number of ether oxygens (including phenoxy) is 3. The molecule has 0 aliphatic rings. The predicted molar refractivity (Wildman–Crippen MR) is 81.1 cm³/mol. The van der Waals surface area contributed by atoms with E-state index in [0.29, 0.717) is 13.2 Å². The molecule has 0 atom stereocenters. The van der Waals surface area contributed by atoms with E-state index in [0.717, 1.165) is 16.8 Å². The second-order valence-corrected chi connectivity index (χ2v) is 4.46. The van der Waals surface area contributed by atoms with Crippen LogP contribution in [0.25, 0.3) is 0 Å². The fourth-order valence-corrected chi connectivity index (χ4v) is 1.82. The molecular formula is C15H24N2O4. The topological polar surface area (TPSA) is 68.8 Å². The van der Waals surface area contributed by atoms with Gasteiger partial charge in [0.2, 0.25) is 0 Å². The predicted octanol–water partition coefficient (Wildman–Crippen LogP) is 2.76. The highest BCUT2D eigenvalue weighted by molar-refractivity contribution is 5.70. The maximum atomic E-state index is 11.6. The largest absolute Gasteiger partial charge is 0.443 e. The van der Waals surface area contributed by atoms with Crippen LogP contribution in [0, 0.1) is 13.8 Å². The van der Waals surface area contributed by atoms with Crippen molar-refractivity contribution < 1.29 is 19.0 Å². The molecule has 6 heteroatoms. The summed E-state index contributed by atoms with van der Waals surface area (Å²) in [6, 6.07) is 5.88. The Morgan fingerprint density at radius 2 is 1.71 bits per heavy atom. The van der Waals surface area contributed by atoms with Crippen molar-refractivity contribution in [2.45, 2.75) is 34.0 Å². The lowest BCUT2D eigenvalue weighted by molar-refractivity contribution is -0.157. The second kappa shape index (κ2) is 9.20. The Labute approximate surface area is 125 Å². The summed E-state index contributed by atoms with van der Waals surface area (Å²) in [6.07, 6.45) is -1.12. The second-order valence-electron chi connectivity index (χ2n) is 4.46. The zero-order valence-electron chi connectivity index (χ0n) is 13.1. The Bertz CT molecular complexity index is 425. The normalized spacial score (nSPS) is 10.5. The summed E-state index contributed by atoms with van der Waals surface area (Å²) in [5.41, 5.74) is 8.30. The summed E-state index contributed by atoms with van der Waals surface area (Å²) >= 11 is 0. The van der Waals surface area contributed by atoms with Gasteiger partial charge in [0.1, 0.15) is 6.61 Å². The van der Waals surface area contributed by atoms with Crippen LogP contribution in [0.3, 0.4) is 0 Å². The summed E-state index contributed by atoms with van der Waals surface area (Å²) in [4.78, 5) is 11.6. The van der Waals surface area contributed by atoms with E-state index >= 15 is 0 Å². The van der Waals surface area contributed by atoms with Crippen LogP contribution in [0.5, 0.6) is 0 Å². The molecule has 0 bridgehead atoms. The van der Waals surface area contributed by atoms with Gasteiger partial charge in [0.05, 0.1) is 5.69 Å². The van der Waals surface area contributed by atoms with Gasteiger partial charge in [0.15, 0.2) is 6.29 Å². The number of carbonyl (C=O) groups excluding carboxylic acids is 1. The molecule has 0 aliphatic carbocycles. The maximum Gasteiger partial charge on any atom is 0.426 e. The molecule has 0 radical (unpaired) electrons. The lowest BCUT2D eigenvalue weighted by atomic mass is 10.1. The SMILES string of the molecule is CCOC(COC(=O)NNc1c(C)cccc1C)OCC. The van der Waals surface area contributed by atoms with Crippen molar-refractivity contribution in [2.24, 2.45) is 0 Å². The molecule has 0 heterocycles. The highest BCUT2D eigenvalue weighted by atomic mass is 16.7. The number of rotatable bonds is 8. The third kappa shape index (κ3) is 6.01. The number of hydrogen-bond acceptors (Lipinski definition) is 5. The quantitative estimate of drug-likeness (QED) is 0.570. The third-order valence-electron chi connectivity index (χ3n) is 2.83.